The quantitative estimate of drug-likeness (QED) is 0.787. The van der Waals surface area contributed by atoms with Crippen LogP contribution in [-0.4, -0.2) is 37.6 Å². The van der Waals surface area contributed by atoms with E-state index in [1.165, 1.54) is 6.20 Å². The molecule has 1 fully saturated rings. The molecule has 1 aromatic heterocycles. The Morgan fingerprint density at radius 1 is 1.42 bits per heavy atom. The van der Waals surface area contributed by atoms with Crippen molar-refractivity contribution >= 4 is 33.9 Å². The molecule has 1 saturated heterocycles. The number of nitrogens with zero attached hydrogens (tertiary/aromatic N) is 1. The molecule has 5 nitrogen and oxygen atoms in total. The number of carbonyl (C=O) groups is 1. The van der Waals surface area contributed by atoms with E-state index in [4.69, 9.17) is 18.0 Å². The summed E-state index contributed by atoms with van der Waals surface area (Å²) >= 11 is 4.82. The molecule has 0 radical (unpaired) electrons. The normalized spacial score (nSPS) is 22.7. The smallest absolute Gasteiger partial charge is 0.270 e. The number of thiocarbonyl (C=S) groups is 1. The third-order valence-electron chi connectivity index (χ3n) is 3.00. The molecule has 2 rings (SSSR count). The number of hydrogen-bond acceptors (Lipinski definition) is 4. The first kappa shape index (κ1) is 14.1. The maximum Gasteiger partial charge on any atom is 0.270 e. The number of nitrogens with two attached hydrogens (primary N) is 1. The molecule has 3 N–H and O–H groups in total. The number of nitrogens with one attached hydrogen (secondary N) is 1. The molecule has 0 atom stereocenters. The zero-order chi connectivity index (χ0) is 13.8. The minimum absolute atomic E-state index is 0.0854. The van der Waals surface area contributed by atoms with Crippen LogP contribution in [0, 0.1) is 0 Å². The second kappa shape index (κ2) is 6.21. The van der Waals surface area contributed by atoms with E-state index in [9.17, 15) is 9.00 Å². The van der Waals surface area contributed by atoms with Crippen molar-refractivity contribution in [3.8, 4) is 0 Å². The van der Waals surface area contributed by atoms with Crippen molar-refractivity contribution in [1.29, 1.82) is 0 Å². The summed E-state index contributed by atoms with van der Waals surface area (Å²) in [5.41, 5.74) is 6.44. The first-order chi connectivity index (χ1) is 9.06. The second-order valence-corrected chi connectivity index (χ2v) is 6.53. The fourth-order valence-corrected chi connectivity index (χ4v) is 3.29. The maximum atomic E-state index is 12.0. The fraction of sp³-hybridized carbons (Fsp3) is 0.417. The number of amides is 1. The number of pyridine rings is 1. The Morgan fingerprint density at radius 3 is 2.63 bits per heavy atom. The van der Waals surface area contributed by atoms with Crippen LogP contribution < -0.4 is 11.1 Å². The molecule has 2 heterocycles. The van der Waals surface area contributed by atoms with E-state index in [-0.39, 0.29) is 16.9 Å². The molecule has 0 saturated carbocycles. The van der Waals surface area contributed by atoms with Crippen LogP contribution in [-0.2, 0) is 10.8 Å². The van der Waals surface area contributed by atoms with Gasteiger partial charge in [-0.05, 0) is 25.0 Å². The lowest BCUT2D eigenvalue weighted by Gasteiger charge is -2.22. The Morgan fingerprint density at radius 2 is 2.11 bits per heavy atom. The summed E-state index contributed by atoms with van der Waals surface area (Å²) < 4.78 is 11.2. The van der Waals surface area contributed by atoms with Gasteiger partial charge in [0.2, 0.25) is 0 Å². The first-order valence-corrected chi connectivity index (χ1v) is 7.87. The van der Waals surface area contributed by atoms with Crippen LogP contribution in [0.5, 0.6) is 0 Å². The highest BCUT2D eigenvalue weighted by Crippen LogP contribution is 2.10. The largest absolute Gasteiger partial charge is 0.389 e. The van der Waals surface area contributed by atoms with Crippen LogP contribution >= 0.6 is 12.2 Å². The molecule has 1 amide bonds. The summed E-state index contributed by atoms with van der Waals surface area (Å²) in [6.07, 6.45) is 3.00. The molecule has 19 heavy (non-hydrogen) atoms. The highest BCUT2D eigenvalue weighted by atomic mass is 32.2. The van der Waals surface area contributed by atoms with Crippen molar-refractivity contribution in [3.05, 3.63) is 29.6 Å². The average molecular weight is 297 g/mol. The Labute approximate surface area is 119 Å². The third-order valence-corrected chi connectivity index (χ3v) is 4.62. The Hall–Kier alpha value is -1.34. The van der Waals surface area contributed by atoms with Gasteiger partial charge >= 0.3 is 0 Å². The zero-order valence-corrected chi connectivity index (χ0v) is 11.9. The van der Waals surface area contributed by atoms with Gasteiger partial charge in [-0.2, -0.15) is 0 Å². The maximum absolute atomic E-state index is 12.0. The second-order valence-electron chi connectivity index (χ2n) is 4.39. The Bertz CT molecular complexity index is 506. The van der Waals surface area contributed by atoms with Crippen LogP contribution in [0.2, 0.25) is 0 Å². The summed E-state index contributed by atoms with van der Waals surface area (Å²) in [6.45, 7) is 0. The Balaban J connectivity index is 1.96. The number of aromatic nitrogens is 1. The first-order valence-electron chi connectivity index (χ1n) is 5.98. The number of rotatable bonds is 3. The van der Waals surface area contributed by atoms with Gasteiger partial charge in [0.15, 0.2) is 0 Å². The van der Waals surface area contributed by atoms with E-state index in [1.54, 1.807) is 12.1 Å². The monoisotopic (exact) mass is 297 g/mol. The molecule has 0 aromatic carbocycles. The van der Waals surface area contributed by atoms with Crippen molar-refractivity contribution in [1.82, 2.24) is 10.3 Å². The van der Waals surface area contributed by atoms with E-state index in [1.807, 2.05) is 0 Å². The average Bonchev–Trinajstić information content (AvgIpc) is 2.41. The molecule has 1 aliphatic heterocycles. The summed E-state index contributed by atoms with van der Waals surface area (Å²) in [7, 11) is -0.724. The number of hydrogen-bond donors (Lipinski definition) is 2. The summed E-state index contributed by atoms with van der Waals surface area (Å²) in [4.78, 5) is 16.3. The van der Waals surface area contributed by atoms with Crippen LogP contribution in [0.1, 0.15) is 28.9 Å². The minimum atomic E-state index is -0.724. The van der Waals surface area contributed by atoms with E-state index in [0.717, 1.165) is 12.8 Å². The summed E-state index contributed by atoms with van der Waals surface area (Å²) in [5.74, 6) is 1.09. The van der Waals surface area contributed by atoms with E-state index < -0.39 is 10.8 Å². The van der Waals surface area contributed by atoms with Crippen molar-refractivity contribution < 1.29 is 9.00 Å². The molecule has 0 unspecified atom stereocenters. The van der Waals surface area contributed by atoms with Gasteiger partial charge in [0, 0.05) is 40.1 Å². The van der Waals surface area contributed by atoms with Gasteiger partial charge in [0.05, 0.1) is 0 Å². The standard InChI is InChI=1S/C12H15N3O2S2/c13-11(18)8-1-2-10(14-7-8)12(16)15-9-3-5-19(17)6-4-9/h1-2,7,9H,3-6H2,(H2,13,18)(H,15,16). The Kier molecular flexibility index (Phi) is 4.60. The van der Waals surface area contributed by atoms with Crippen LogP contribution in [0.4, 0.5) is 0 Å². The number of carbonyl (C=O) groups excluding carboxylic acids is 1. The molecule has 0 bridgehead atoms. The molecule has 0 aliphatic carbocycles. The van der Waals surface area contributed by atoms with E-state index >= 15 is 0 Å². The zero-order valence-electron chi connectivity index (χ0n) is 10.3. The predicted molar refractivity (Wildman–Crippen MR) is 78.5 cm³/mol. The lowest BCUT2D eigenvalue weighted by molar-refractivity contribution is 0.0929. The molecule has 7 heteroatoms. The third kappa shape index (κ3) is 3.81. The van der Waals surface area contributed by atoms with Gasteiger partial charge in [-0.15, -0.1) is 0 Å². The molecule has 102 valence electrons. The van der Waals surface area contributed by atoms with E-state index in [2.05, 4.69) is 10.3 Å². The van der Waals surface area contributed by atoms with E-state index in [0.29, 0.717) is 22.8 Å². The molecular formula is C12H15N3O2S2. The van der Waals surface area contributed by atoms with Gasteiger partial charge in [0.25, 0.3) is 5.91 Å². The van der Waals surface area contributed by atoms with Gasteiger partial charge in [0.1, 0.15) is 10.7 Å². The SMILES string of the molecule is NC(=S)c1ccc(C(=O)NC2CCS(=O)CC2)nc1. The molecular weight excluding hydrogens is 282 g/mol. The van der Waals surface area contributed by atoms with Crippen molar-refractivity contribution in [2.45, 2.75) is 18.9 Å². The predicted octanol–water partition coefficient (Wildman–Crippen LogP) is 0.357. The lowest BCUT2D eigenvalue weighted by atomic mass is 10.1. The van der Waals surface area contributed by atoms with Gasteiger partial charge in [-0.1, -0.05) is 12.2 Å². The van der Waals surface area contributed by atoms with Crippen molar-refractivity contribution in [3.63, 3.8) is 0 Å². The van der Waals surface area contributed by atoms with Crippen LogP contribution in [0.3, 0.4) is 0 Å². The lowest BCUT2D eigenvalue weighted by Crippen LogP contribution is -2.39. The van der Waals surface area contributed by atoms with Gasteiger partial charge in [-0.25, -0.2) is 0 Å². The molecule has 1 aliphatic rings. The highest BCUT2D eigenvalue weighted by molar-refractivity contribution is 7.85. The van der Waals surface area contributed by atoms with Crippen LogP contribution in [0.25, 0.3) is 0 Å². The van der Waals surface area contributed by atoms with Crippen molar-refractivity contribution in [2.75, 3.05) is 11.5 Å². The van der Waals surface area contributed by atoms with Gasteiger partial charge < -0.3 is 11.1 Å². The van der Waals surface area contributed by atoms with Crippen molar-refractivity contribution in [2.24, 2.45) is 5.73 Å². The molecule has 0 spiro atoms. The molecule has 1 aromatic rings. The summed E-state index contributed by atoms with van der Waals surface area (Å²) in [5, 5.41) is 2.90. The topological polar surface area (TPSA) is 85.1 Å². The van der Waals surface area contributed by atoms with Crippen LogP contribution in [0.15, 0.2) is 18.3 Å². The fourth-order valence-electron chi connectivity index (χ4n) is 1.87. The summed E-state index contributed by atoms with van der Waals surface area (Å²) in [6, 6.07) is 3.37. The highest BCUT2D eigenvalue weighted by Gasteiger charge is 2.20. The minimum Gasteiger partial charge on any atom is -0.389 e. The van der Waals surface area contributed by atoms with Gasteiger partial charge in [-0.3, -0.25) is 14.0 Å².